The van der Waals surface area contributed by atoms with Gasteiger partial charge in [0.25, 0.3) is 0 Å². The van der Waals surface area contributed by atoms with Crippen molar-refractivity contribution < 1.29 is 4.39 Å². The maximum atomic E-state index is 14.4. The first kappa shape index (κ1) is 27.0. The van der Waals surface area contributed by atoms with Crippen LogP contribution in [0.3, 0.4) is 0 Å². The molecule has 1 heterocycles. The highest BCUT2D eigenvalue weighted by molar-refractivity contribution is 6.11. The van der Waals surface area contributed by atoms with E-state index in [1.807, 2.05) is 61.7 Å². The van der Waals surface area contributed by atoms with Crippen molar-refractivity contribution in [3.05, 3.63) is 107 Å². The largest absolute Gasteiger partial charge is 0.374 e. The molecular weight excluding hydrogens is 471 g/mol. The fraction of sp³-hybridized carbons (Fsp3) is 0.273. The summed E-state index contributed by atoms with van der Waals surface area (Å²) in [5.74, 6) is -0.254. The first-order valence-corrected chi connectivity index (χ1v) is 13.2. The van der Waals surface area contributed by atoms with Gasteiger partial charge in [0.15, 0.2) is 0 Å². The van der Waals surface area contributed by atoms with Gasteiger partial charge in [0.2, 0.25) is 0 Å². The van der Waals surface area contributed by atoms with E-state index in [9.17, 15) is 9.65 Å². The molecule has 3 aromatic rings. The number of allylic oxidation sites excluding steroid dienone is 3. The van der Waals surface area contributed by atoms with Crippen LogP contribution in [0.5, 0.6) is 0 Å². The summed E-state index contributed by atoms with van der Waals surface area (Å²) in [6.07, 6.45) is 7.18. The molecule has 4 nitrogen and oxygen atoms in total. The van der Waals surface area contributed by atoms with Crippen LogP contribution in [0.4, 0.5) is 10.1 Å². The second kappa shape index (κ2) is 12.5. The van der Waals surface area contributed by atoms with Gasteiger partial charge in [-0.05, 0) is 97.7 Å². The third-order valence-corrected chi connectivity index (χ3v) is 7.17. The molecule has 0 spiro atoms. The number of halogens is 1. The lowest BCUT2D eigenvalue weighted by Gasteiger charge is -2.33. The number of nitrogens with two attached hydrogens (primary N) is 1. The molecule has 0 amide bonds. The standard InChI is InChI=1S/C33H35FN4/c1-4-5-8-32-26(21-35)7-6-9-31(32)25-10-12-30(13-11-25)37-22-33(27-18-23(2)19-28(34)20-27)24(3)38-16-14-29(36)15-17-38/h4,6-7,9-13,18-20,22,29H,1,5,8,14-17,36H2,2-3H3/b33-24-,37-22?. The van der Waals surface area contributed by atoms with Crippen molar-refractivity contribution in [2.24, 2.45) is 10.7 Å². The maximum absolute atomic E-state index is 14.4. The summed E-state index contributed by atoms with van der Waals surface area (Å²) in [7, 11) is 0. The maximum Gasteiger partial charge on any atom is 0.124 e. The van der Waals surface area contributed by atoms with Crippen LogP contribution in [0.1, 0.15) is 48.4 Å². The lowest BCUT2D eigenvalue weighted by Crippen LogP contribution is -2.39. The number of aryl methyl sites for hydroxylation is 1. The zero-order chi connectivity index (χ0) is 27.1. The quantitative estimate of drug-likeness (QED) is 0.257. The van der Waals surface area contributed by atoms with Crippen molar-refractivity contribution in [2.45, 2.75) is 45.6 Å². The molecule has 3 aromatic carbocycles. The van der Waals surface area contributed by atoms with E-state index < -0.39 is 0 Å². The topological polar surface area (TPSA) is 65.4 Å². The van der Waals surface area contributed by atoms with Gasteiger partial charge in [-0.2, -0.15) is 5.26 Å². The third kappa shape index (κ3) is 6.45. The number of nitriles is 1. The summed E-state index contributed by atoms with van der Waals surface area (Å²) >= 11 is 0. The Labute approximate surface area is 225 Å². The van der Waals surface area contributed by atoms with Gasteiger partial charge in [-0.3, -0.25) is 4.99 Å². The van der Waals surface area contributed by atoms with Gasteiger partial charge in [0.05, 0.1) is 17.3 Å². The second-order valence-electron chi connectivity index (χ2n) is 9.92. The van der Waals surface area contributed by atoms with Crippen LogP contribution >= 0.6 is 0 Å². The molecule has 38 heavy (non-hydrogen) atoms. The Balaban J connectivity index is 1.67. The molecule has 194 valence electrons. The predicted octanol–water partition coefficient (Wildman–Crippen LogP) is 7.35. The average molecular weight is 507 g/mol. The molecule has 1 aliphatic heterocycles. The molecule has 0 aromatic heterocycles. The summed E-state index contributed by atoms with van der Waals surface area (Å²) in [5, 5.41) is 9.60. The van der Waals surface area contributed by atoms with E-state index in [4.69, 9.17) is 10.7 Å². The van der Waals surface area contributed by atoms with Gasteiger partial charge in [-0.1, -0.05) is 36.4 Å². The summed E-state index contributed by atoms with van der Waals surface area (Å²) in [6.45, 7) is 9.56. The minimum absolute atomic E-state index is 0.234. The fourth-order valence-electron chi connectivity index (χ4n) is 5.02. The summed E-state index contributed by atoms with van der Waals surface area (Å²) < 4.78 is 14.4. The second-order valence-corrected chi connectivity index (χ2v) is 9.92. The van der Waals surface area contributed by atoms with E-state index in [0.717, 1.165) is 83.5 Å². The van der Waals surface area contributed by atoms with Crippen molar-refractivity contribution in [3.63, 3.8) is 0 Å². The zero-order valence-corrected chi connectivity index (χ0v) is 22.3. The molecule has 5 heteroatoms. The molecule has 0 unspecified atom stereocenters. The number of aliphatic imine (C=N–C) groups is 1. The molecule has 0 atom stereocenters. The highest BCUT2D eigenvalue weighted by atomic mass is 19.1. The Morgan fingerprint density at radius 1 is 1.16 bits per heavy atom. The number of rotatable bonds is 8. The van der Waals surface area contributed by atoms with Gasteiger partial charge in [-0.25, -0.2) is 4.39 Å². The van der Waals surface area contributed by atoms with E-state index in [1.165, 1.54) is 6.07 Å². The molecule has 1 fully saturated rings. The molecule has 1 aliphatic rings. The van der Waals surface area contributed by atoms with Crippen molar-refractivity contribution in [1.29, 1.82) is 5.26 Å². The first-order chi connectivity index (χ1) is 18.4. The Morgan fingerprint density at radius 3 is 2.55 bits per heavy atom. The number of hydrogen-bond acceptors (Lipinski definition) is 4. The van der Waals surface area contributed by atoms with Crippen LogP contribution in [-0.2, 0) is 6.42 Å². The van der Waals surface area contributed by atoms with Crippen molar-refractivity contribution in [1.82, 2.24) is 4.90 Å². The van der Waals surface area contributed by atoms with Crippen LogP contribution in [0.25, 0.3) is 16.7 Å². The van der Waals surface area contributed by atoms with Crippen molar-refractivity contribution >= 4 is 17.5 Å². The predicted molar refractivity (Wildman–Crippen MR) is 156 cm³/mol. The molecular formula is C33H35FN4. The molecule has 2 N–H and O–H groups in total. The van der Waals surface area contributed by atoms with E-state index in [0.29, 0.717) is 5.56 Å². The Kier molecular flexibility index (Phi) is 8.89. The number of piperidine rings is 1. The van der Waals surface area contributed by atoms with Gasteiger partial charge >= 0.3 is 0 Å². The smallest absolute Gasteiger partial charge is 0.124 e. The monoisotopic (exact) mass is 506 g/mol. The van der Waals surface area contributed by atoms with Crippen LogP contribution in [-0.4, -0.2) is 30.2 Å². The molecule has 0 aliphatic carbocycles. The van der Waals surface area contributed by atoms with Crippen molar-refractivity contribution in [3.8, 4) is 17.2 Å². The zero-order valence-electron chi connectivity index (χ0n) is 22.3. The van der Waals surface area contributed by atoms with Crippen LogP contribution < -0.4 is 5.73 Å². The average Bonchev–Trinajstić information content (AvgIpc) is 2.92. The van der Waals surface area contributed by atoms with Gasteiger partial charge in [0.1, 0.15) is 5.82 Å². The third-order valence-electron chi connectivity index (χ3n) is 7.17. The Morgan fingerprint density at radius 2 is 1.89 bits per heavy atom. The van der Waals surface area contributed by atoms with Gasteiger partial charge < -0.3 is 10.6 Å². The van der Waals surface area contributed by atoms with E-state index in [2.05, 4.69) is 30.5 Å². The Bertz CT molecular complexity index is 1370. The summed E-state index contributed by atoms with van der Waals surface area (Å²) in [5.41, 5.74) is 14.4. The minimum atomic E-state index is -0.254. The number of hydrogen-bond donors (Lipinski definition) is 1. The van der Waals surface area contributed by atoms with Crippen LogP contribution in [0, 0.1) is 24.1 Å². The lowest BCUT2D eigenvalue weighted by atomic mass is 9.93. The molecule has 0 saturated carbocycles. The van der Waals surface area contributed by atoms with Gasteiger partial charge in [-0.15, -0.1) is 6.58 Å². The minimum Gasteiger partial charge on any atom is -0.374 e. The molecule has 1 saturated heterocycles. The highest BCUT2D eigenvalue weighted by Crippen LogP contribution is 2.30. The SMILES string of the molecule is C=CCCc1c(C#N)cccc1-c1ccc(N=C/C(=C(\C)N2CCC(N)CC2)c2cc(C)cc(F)c2)cc1. The molecule has 4 rings (SSSR count). The number of nitrogens with zero attached hydrogens (tertiary/aromatic N) is 3. The highest BCUT2D eigenvalue weighted by Gasteiger charge is 2.19. The van der Waals surface area contributed by atoms with E-state index >= 15 is 0 Å². The number of likely N-dealkylation sites (tertiary alicyclic amines) is 1. The normalized spacial score (nSPS) is 14.9. The van der Waals surface area contributed by atoms with E-state index in [1.54, 1.807) is 6.07 Å². The molecule has 0 bridgehead atoms. The van der Waals surface area contributed by atoms with Crippen LogP contribution in [0.2, 0.25) is 0 Å². The van der Waals surface area contributed by atoms with Crippen LogP contribution in [0.15, 0.2) is 84.0 Å². The Hall–Kier alpha value is -4.01. The summed E-state index contributed by atoms with van der Waals surface area (Å²) in [6, 6.07) is 21.5. The number of benzene rings is 3. The fourth-order valence-corrected chi connectivity index (χ4v) is 5.02. The molecule has 0 radical (unpaired) electrons. The lowest BCUT2D eigenvalue weighted by molar-refractivity contribution is 0.266. The van der Waals surface area contributed by atoms with Crippen molar-refractivity contribution in [2.75, 3.05) is 13.1 Å². The summed E-state index contributed by atoms with van der Waals surface area (Å²) in [4.78, 5) is 7.11. The van der Waals surface area contributed by atoms with Gasteiger partial charge in [0, 0.05) is 36.6 Å². The first-order valence-electron chi connectivity index (χ1n) is 13.2. The van der Waals surface area contributed by atoms with E-state index in [-0.39, 0.29) is 11.9 Å².